The lowest BCUT2D eigenvalue weighted by molar-refractivity contribution is -0.141. The SMILES string of the molecule is CCCC[C@H](NC(=O)CNC(=O)c1cc(C)cc(C)c1)C(=O)O. The van der Waals surface area contributed by atoms with Gasteiger partial charge in [-0.05, 0) is 32.4 Å². The summed E-state index contributed by atoms with van der Waals surface area (Å²) in [6.45, 7) is 5.48. The van der Waals surface area contributed by atoms with Gasteiger partial charge in [-0.1, -0.05) is 37.0 Å². The van der Waals surface area contributed by atoms with Crippen LogP contribution in [0.3, 0.4) is 0 Å². The van der Waals surface area contributed by atoms with Gasteiger partial charge in [0.2, 0.25) is 5.91 Å². The highest BCUT2D eigenvalue weighted by molar-refractivity contribution is 5.97. The van der Waals surface area contributed by atoms with Crippen LogP contribution >= 0.6 is 0 Å². The lowest BCUT2D eigenvalue weighted by atomic mass is 10.1. The highest BCUT2D eigenvalue weighted by Gasteiger charge is 2.19. The van der Waals surface area contributed by atoms with Crippen molar-refractivity contribution >= 4 is 17.8 Å². The van der Waals surface area contributed by atoms with Gasteiger partial charge in [-0.3, -0.25) is 9.59 Å². The van der Waals surface area contributed by atoms with Crippen molar-refractivity contribution in [1.82, 2.24) is 10.6 Å². The van der Waals surface area contributed by atoms with Gasteiger partial charge in [0.15, 0.2) is 0 Å². The number of amides is 2. The molecule has 0 fully saturated rings. The summed E-state index contributed by atoms with van der Waals surface area (Å²) >= 11 is 0. The molecular weight excluding hydrogens is 296 g/mol. The molecule has 0 heterocycles. The van der Waals surface area contributed by atoms with Crippen LogP contribution in [-0.4, -0.2) is 35.5 Å². The molecule has 1 aromatic carbocycles. The van der Waals surface area contributed by atoms with Gasteiger partial charge < -0.3 is 15.7 Å². The van der Waals surface area contributed by atoms with Crippen molar-refractivity contribution in [2.75, 3.05) is 6.54 Å². The number of nitrogens with one attached hydrogen (secondary N) is 2. The summed E-state index contributed by atoms with van der Waals surface area (Å²) < 4.78 is 0. The lowest BCUT2D eigenvalue weighted by Gasteiger charge is -2.14. The average molecular weight is 320 g/mol. The highest BCUT2D eigenvalue weighted by Crippen LogP contribution is 2.08. The molecule has 0 aromatic heterocycles. The summed E-state index contributed by atoms with van der Waals surface area (Å²) in [5.41, 5.74) is 2.41. The molecule has 0 aliphatic heterocycles. The van der Waals surface area contributed by atoms with Crippen LogP contribution in [0.1, 0.15) is 47.7 Å². The van der Waals surface area contributed by atoms with Crippen molar-refractivity contribution < 1.29 is 19.5 Å². The maximum atomic E-state index is 12.0. The Morgan fingerprint density at radius 3 is 2.26 bits per heavy atom. The average Bonchev–Trinajstić information content (AvgIpc) is 2.47. The monoisotopic (exact) mass is 320 g/mol. The van der Waals surface area contributed by atoms with Crippen molar-refractivity contribution in [3.05, 3.63) is 34.9 Å². The topological polar surface area (TPSA) is 95.5 Å². The van der Waals surface area contributed by atoms with Crippen LogP contribution in [0.2, 0.25) is 0 Å². The first-order valence-electron chi connectivity index (χ1n) is 7.72. The van der Waals surface area contributed by atoms with Crippen molar-refractivity contribution in [2.24, 2.45) is 0 Å². The third-order valence-corrected chi connectivity index (χ3v) is 3.37. The van der Waals surface area contributed by atoms with E-state index in [2.05, 4.69) is 10.6 Å². The number of carbonyl (C=O) groups is 3. The van der Waals surface area contributed by atoms with Crippen molar-refractivity contribution in [3.8, 4) is 0 Å². The standard InChI is InChI=1S/C17H24N2O4/c1-4-5-6-14(17(22)23)19-15(20)10-18-16(21)13-8-11(2)7-12(3)9-13/h7-9,14H,4-6,10H2,1-3H3,(H,18,21)(H,19,20)(H,22,23)/t14-/m0/s1. The lowest BCUT2D eigenvalue weighted by Crippen LogP contribution is -2.45. The normalized spacial score (nSPS) is 11.6. The number of aryl methyl sites for hydroxylation is 2. The van der Waals surface area contributed by atoms with E-state index in [4.69, 9.17) is 5.11 Å². The first-order valence-corrected chi connectivity index (χ1v) is 7.72. The molecule has 3 N–H and O–H groups in total. The van der Waals surface area contributed by atoms with E-state index >= 15 is 0 Å². The van der Waals surface area contributed by atoms with Gasteiger partial charge in [-0.25, -0.2) is 4.79 Å². The number of hydrogen-bond acceptors (Lipinski definition) is 3. The van der Waals surface area contributed by atoms with Gasteiger partial charge in [0, 0.05) is 5.56 Å². The maximum Gasteiger partial charge on any atom is 0.326 e. The predicted octanol–water partition coefficient (Wildman–Crippen LogP) is 1.79. The Morgan fingerprint density at radius 1 is 1.13 bits per heavy atom. The summed E-state index contributed by atoms with van der Waals surface area (Å²) in [5.74, 6) is -1.92. The third-order valence-electron chi connectivity index (χ3n) is 3.37. The number of benzene rings is 1. The zero-order chi connectivity index (χ0) is 17.4. The third kappa shape index (κ3) is 6.50. The number of rotatable bonds is 8. The van der Waals surface area contributed by atoms with E-state index in [1.165, 1.54) is 0 Å². The Labute approximate surface area is 136 Å². The van der Waals surface area contributed by atoms with E-state index in [1.807, 2.05) is 26.8 Å². The van der Waals surface area contributed by atoms with Crippen LogP contribution in [0.25, 0.3) is 0 Å². The minimum Gasteiger partial charge on any atom is -0.480 e. The molecule has 0 saturated heterocycles. The summed E-state index contributed by atoms with van der Waals surface area (Å²) in [7, 11) is 0. The van der Waals surface area contributed by atoms with Crippen LogP contribution in [0.15, 0.2) is 18.2 Å². The van der Waals surface area contributed by atoms with Crippen LogP contribution < -0.4 is 10.6 Å². The Balaban J connectivity index is 2.54. The van der Waals surface area contributed by atoms with E-state index in [9.17, 15) is 14.4 Å². The number of unbranched alkanes of at least 4 members (excludes halogenated alkanes) is 1. The molecule has 0 aliphatic carbocycles. The fourth-order valence-corrected chi connectivity index (χ4v) is 2.28. The first-order chi connectivity index (χ1) is 10.8. The molecular formula is C17H24N2O4. The van der Waals surface area contributed by atoms with E-state index in [1.54, 1.807) is 12.1 Å². The second-order valence-electron chi connectivity index (χ2n) is 5.66. The Morgan fingerprint density at radius 2 is 1.74 bits per heavy atom. The quantitative estimate of drug-likeness (QED) is 0.680. The number of aliphatic carboxylic acids is 1. The van der Waals surface area contributed by atoms with Crippen molar-refractivity contribution in [3.63, 3.8) is 0 Å². The molecule has 0 radical (unpaired) electrons. The predicted molar refractivity (Wildman–Crippen MR) is 87.3 cm³/mol. The molecule has 0 bridgehead atoms. The van der Waals surface area contributed by atoms with E-state index in [0.717, 1.165) is 17.5 Å². The largest absolute Gasteiger partial charge is 0.480 e. The Kier molecular flexibility index (Phi) is 7.25. The second-order valence-corrected chi connectivity index (χ2v) is 5.66. The number of carbonyl (C=O) groups excluding carboxylic acids is 2. The van der Waals surface area contributed by atoms with Gasteiger partial charge in [-0.2, -0.15) is 0 Å². The van der Waals surface area contributed by atoms with Crippen LogP contribution in [0, 0.1) is 13.8 Å². The Bertz CT molecular complexity index is 564. The zero-order valence-corrected chi connectivity index (χ0v) is 13.8. The van der Waals surface area contributed by atoms with Crippen LogP contribution in [0.4, 0.5) is 0 Å². The highest BCUT2D eigenvalue weighted by atomic mass is 16.4. The molecule has 6 nitrogen and oxygen atoms in total. The Hall–Kier alpha value is -2.37. The second kappa shape index (κ2) is 8.92. The molecule has 23 heavy (non-hydrogen) atoms. The van der Waals surface area contributed by atoms with Gasteiger partial charge in [0.1, 0.15) is 6.04 Å². The zero-order valence-electron chi connectivity index (χ0n) is 13.8. The molecule has 0 saturated carbocycles. The summed E-state index contributed by atoms with van der Waals surface area (Å²) in [6, 6.07) is 4.51. The first kappa shape index (κ1) is 18.7. The minimum atomic E-state index is -1.06. The molecule has 0 aliphatic rings. The van der Waals surface area contributed by atoms with Crippen molar-refractivity contribution in [1.29, 1.82) is 0 Å². The molecule has 1 rings (SSSR count). The van der Waals surface area contributed by atoms with E-state index < -0.39 is 17.9 Å². The number of hydrogen-bond donors (Lipinski definition) is 3. The van der Waals surface area contributed by atoms with Gasteiger partial charge in [-0.15, -0.1) is 0 Å². The minimum absolute atomic E-state index is 0.248. The fraction of sp³-hybridized carbons (Fsp3) is 0.471. The fourth-order valence-electron chi connectivity index (χ4n) is 2.28. The smallest absolute Gasteiger partial charge is 0.326 e. The molecule has 0 spiro atoms. The summed E-state index contributed by atoms with van der Waals surface area (Å²) in [4.78, 5) is 34.9. The molecule has 1 atom stereocenters. The van der Waals surface area contributed by atoms with Crippen LogP contribution in [0.5, 0.6) is 0 Å². The molecule has 2 amide bonds. The van der Waals surface area contributed by atoms with Gasteiger partial charge in [0.25, 0.3) is 5.91 Å². The van der Waals surface area contributed by atoms with E-state index in [0.29, 0.717) is 18.4 Å². The van der Waals surface area contributed by atoms with E-state index in [-0.39, 0.29) is 12.5 Å². The van der Waals surface area contributed by atoms with Crippen molar-refractivity contribution in [2.45, 2.75) is 46.1 Å². The van der Waals surface area contributed by atoms with Crippen LogP contribution in [-0.2, 0) is 9.59 Å². The molecule has 0 unspecified atom stereocenters. The molecule has 6 heteroatoms. The molecule has 1 aromatic rings. The van der Waals surface area contributed by atoms with Gasteiger partial charge >= 0.3 is 5.97 Å². The number of carboxylic acid groups (broad SMARTS) is 1. The summed E-state index contributed by atoms with van der Waals surface area (Å²) in [5, 5.41) is 14.0. The molecule has 126 valence electrons. The summed E-state index contributed by atoms with van der Waals surface area (Å²) in [6.07, 6.45) is 1.94. The van der Waals surface area contributed by atoms with Gasteiger partial charge in [0.05, 0.1) is 6.54 Å². The number of carboxylic acids is 1. The maximum absolute atomic E-state index is 12.0.